The average Bonchev–Trinajstić information content (AvgIpc) is 2.28. The van der Waals surface area contributed by atoms with Crippen LogP contribution in [0.25, 0.3) is 0 Å². The lowest BCUT2D eigenvalue weighted by molar-refractivity contribution is -0.135. The molecule has 17 heavy (non-hydrogen) atoms. The molecular weight excluding hydrogens is 229 g/mol. The Bertz CT molecular complexity index is 198. The van der Waals surface area contributed by atoms with Crippen LogP contribution in [-0.4, -0.2) is 43.3 Å². The van der Waals surface area contributed by atoms with Crippen molar-refractivity contribution in [2.24, 2.45) is 0 Å². The Morgan fingerprint density at radius 3 is 2.35 bits per heavy atom. The highest BCUT2D eigenvalue weighted by Crippen LogP contribution is 2.21. The molecule has 2 nitrogen and oxygen atoms in total. The first-order valence-electron chi connectivity index (χ1n) is 6.54. The Hall–Kier alpha value is -0.290. The molecule has 1 rings (SSSR count). The van der Waals surface area contributed by atoms with Gasteiger partial charge in [0.25, 0.3) is 0 Å². The molecule has 0 aromatic carbocycles. The van der Waals surface area contributed by atoms with Crippen LogP contribution in [0.15, 0.2) is 0 Å². The molecular formula is C12H23F3N2. The van der Waals surface area contributed by atoms with Crippen LogP contribution in [0.5, 0.6) is 0 Å². The number of unbranched alkanes of at least 4 members (excludes halogenated alkanes) is 1. The molecule has 0 saturated carbocycles. The molecule has 1 aliphatic rings. The zero-order valence-electron chi connectivity index (χ0n) is 10.5. The zero-order chi connectivity index (χ0) is 12.7. The number of likely N-dealkylation sites (tertiary alicyclic amines) is 1. The molecule has 1 heterocycles. The predicted octanol–water partition coefficient (Wildman–Crippen LogP) is 2.79. The summed E-state index contributed by atoms with van der Waals surface area (Å²) in [6, 6.07) is 0.503. The van der Waals surface area contributed by atoms with Gasteiger partial charge in [0.1, 0.15) is 0 Å². The first-order valence-corrected chi connectivity index (χ1v) is 6.54. The van der Waals surface area contributed by atoms with E-state index in [1.807, 2.05) is 0 Å². The number of rotatable bonds is 6. The number of piperidine rings is 1. The van der Waals surface area contributed by atoms with Crippen molar-refractivity contribution < 1.29 is 13.2 Å². The molecule has 1 saturated heterocycles. The second-order valence-electron chi connectivity index (χ2n) is 4.73. The van der Waals surface area contributed by atoms with Crippen molar-refractivity contribution in [1.29, 1.82) is 0 Å². The summed E-state index contributed by atoms with van der Waals surface area (Å²) >= 11 is 0. The number of nitrogens with zero attached hydrogens (tertiary/aromatic N) is 1. The quantitative estimate of drug-likeness (QED) is 0.731. The first-order chi connectivity index (χ1) is 8.01. The molecule has 0 amide bonds. The maximum absolute atomic E-state index is 11.9. The third-order valence-electron chi connectivity index (χ3n) is 3.35. The molecule has 0 aromatic rings. The summed E-state index contributed by atoms with van der Waals surface area (Å²) in [4.78, 5) is 2.40. The topological polar surface area (TPSA) is 15.3 Å². The first kappa shape index (κ1) is 14.8. The molecule has 5 heteroatoms. The highest BCUT2D eigenvalue weighted by atomic mass is 19.4. The molecule has 0 aromatic heterocycles. The molecule has 0 spiro atoms. The fourth-order valence-electron chi connectivity index (χ4n) is 2.21. The third kappa shape index (κ3) is 6.88. The van der Waals surface area contributed by atoms with Gasteiger partial charge in [0, 0.05) is 12.5 Å². The van der Waals surface area contributed by atoms with E-state index in [2.05, 4.69) is 17.1 Å². The van der Waals surface area contributed by atoms with E-state index in [0.717, 1.165) is 32.5 Å². The molecule has 0 atom stereocenters. The molecule has 0 bridgehead atoms. The maximum atomic E-state index is 11.9. The van der Waals surface area contributed by atoms with Crippen molar-refractivity contribution in [3.05, 3.63) is 0 Å². The van der Waals surface area contributed by atoms with Gasteiger partial charge in [-0.15, -0.1) is 0 Å². The summed E-state index contributed by atoms with van der Waals surface area (Å²) in [5.74, 6) is 0. The van der Waals surface area contributed by atoms with Crippen LogP contribution in [0.3, 0.4) is 0 Å². The lowest BCUT2D eigenvalue weighted by atomic mass is 10.0. The van der Waals surface area contributed by atoms with Crippen LogP contribution in [-0.2, 0) is 0 Å². The van der Waals surface area contributed by atoms with Crippen LogP contribution in [0.1, 0.15) is 39.0 Å². The van der Waals surface area contributed by atoms with Crippen LogP contribution in [0, 0.1) is 0 Å². The summed E-state index contributed by atoms with van der Waals surface area (Å²) in [5, 5.41) is 3.36. The van der Waals surface area contributed by atoms with E-state index in [1.165, 1.54) is 0 Å². The molecule has 102 valence electrons. The summed E-state index contributed by atoms with van der Waals surface area (Å²) in [5.41, 5.74) is 0. The molecule has 0 aliphatic carbocycles. The van der Waals surface area contributed by atoms with Gasteiger partial charge in [-0.05, 0) is 51.9 Å². The van der Waals surface area contributed by atoms with Crippen molar-refractivity contribution >= 4 is 0 Å². The van der Waals surface area contributed by atoms with E-state index in [0.29, 0.717) is 19.0 Å². The smallest absolute Gasteiger partial charge is 0.314 e. The fraction of sp³-hybridized carbons (Fsp3) is 1.00. The van der Waals surface area contributed by atoms with E-state index in [9.17, 15) is 13.2 Å². The Morgan fingerprint density at radius 1 is 1.18 bits per heavy atom. The van der Waals surface area contributed by atoms with Gasteiger partial charge < -0.3 is 10.2 Å². The number of halogens is 3. The summed E-state index contributed by atoms with van der Waals surface area (Å²) in [6.07, 6.45) is -1.55. The zero-order valence-corrected chi connectivity index (χ0v) is 10.5. The standard InChI is InChI=1S/C12H23F3N2/c1-2-17-9-5-11(6-10-17)16-8-4-3-7-12(13,14)15/h11,16H,2-10H2,1H3. The minimum atomic E-state index is -3.99. The number of nitrogens with one attached hydrogen (secondary N) is 1. The predicted molar refractivity (Wildman–Crippen MR) is 63.0 cm³/mol. The lowest BCUT2D eigenvalue weighted by Crippen LogP contribution is -2.42. The number of hydrogen-bond donors (Lipinski definition) is 1. The highest BCUT2D eigenvalue weighted by Gasteiger charge is 2.25. The highest BCUT2D eigenvalue weighted by molar-refractivity contribution is 4.76. The third-order valence-corrected chi connectivity index (χ3v) is 3.35. The van der Waals surface area contributed by atoms with Crippen LogP contribution in [0.2, 0.25) is 0 Å². The Labute approximate surface area is 102 Å². The van der Waals surface area contributed by atoms with Gasteiger partial charge in [0.05, 0.1) is 0 Å². The molecule has 1 aliphatic heterocycles. The molecule has 1 N–H and O–H groups in total. The normalized spacial score (nSPS) is 19.8. The minimum Gasteiger partial charge on any atom is -0.314 e. The molecule has 1 fully saturated rings. The summed E-state index contributed by atoms with van der Waals surface area (Å²) in [6.45, 7) is 6.18. The molecule has 0 radical (unpaired) electrons. The largest absolute Gasteiger partial charge is 0.389 e. The van der Waals surface area contributed by atoms with Gasteiger partial charge in [-0.1, -0.05) is 6.92 Å². The van der Waals surface area contributed by atoms with E-state index >= 15 is 0 Å². The lowest BCUT2D eigenvalue weighted by Gasteiger charge is -2.31. The Kier molecular flexibility index (Phi) is 6.27. The van der Waals surface area contributed by atoms with E-state index in [1.54, 1.807) is 0 Å². The minimum absolute atomic E-state index is 0.240. The average molecular weight is 252 g/mol. The van der Waals surface area contributed by atoms with Crippen LogP contribution >= 0.6 is 0 Å². The van der Waals surface area contributed by atoms with Crippen molar-refractivity contribution in [1.82, 2.24) is 10.2 Å². The second-order valence-corrected chi connectivity index (χ2v) is 4.73. The van der Waals surface area contributed by atoms with Gasteiger partial charge in [0.15, 0.2) is 0 Å². The van der Waals surface area contributed by atoms with E-state index < -0.39 is 12.6 Å². The summed E-state index contributed by atoms with van der Waals surface area (Å²) in [7, 11) is 0. The van der Waals surface area contributed by atoms with E-state index in [-0.39, 0.29) is 6.42 Å². The van der Waals surface area contributed by atoms with Crippen molar-refractivity contribution in [2.75, 3.05) is 26.2 Å². The maximum Gasteiger partial charge on any atom is 0.389 e. The Morgan fingerprint density at radius 2 is 1.82 bits per heavy atom. The van der Waals surface area contributed by atoms with Gasteiger partial charge >= 0.3 is 6.18 Å². The number of alkyl halides is 3. The Balaban J connectivity index is 1.97. The fourth-order valence-corrected chi connectivity index (χ4v) is 2.21. The monoisotopic (exact) mass is 252 g/mol. The van der Waals surface area contributed by atoms with Crippen LogP contribution in [0.4, 0.5) is 13.2 Å². The second kappa shape index (κ2) is 7.21. The van der Waals surface area contributed by atoms with Gasteiger partial charge in [-0.25, -0.2) is 0 Å². The van der Waals surface area contributed by atoms with Gasteiger partial charge in [-0.3, -0.25) is 0 Å². The van der Waals surface area contributed by atoms with Crippen molar-refractivity contribution in [3.8, 4) is 0 Å². The van der Waals surface area contributed by atoms with Gasteiger partial charge in [-0.2, -0.15) is 13.2 Å². The summed E-state index contributed by atoms with van der Waals surface area (Å²) < 4.78 is 35.7. The van der Waals surface area contributed by atoms with Crippen molar-refractivity contribution in [3.63, 3.8) is 0 Å². The SMILES string of the molecule is CCN1CCC(NCCCCC(F)(F)F)CC1. The van der Waals surface area contributed by atoms with E-state index in [4.69, 9.17) is 0 Å². The van der Waals surface area contributed by atoms with Crippen molar-refractivity contribution in [2.45, 2.75) is 51.2 Å². The van der Waals surface area contributed by atoms with Crippen LogP contribution < -0.4 is 5.32 Å². The number of hydrogen-bond acceptors (Lipinski definition) is 2. The van der Waals surface area contributed by atoms with Gasteiger partial charge in [0.2, 0.25) is 0 Å². The molecule has 0 unspecified atom stereocenters.